The fourth-order valence-electron chi connectivity index (χ4n) is 2.68. The fraction of sp³-hybridized carbons (Fsp3) is 0.200. The van der Waals surface area contributed by atoms with Crippen LogP contribution >= 0.6 is 11.6 Å². The van der Waals surface area contributed by atoms with Crippen LogP contribution in [0.15, 0.2) is 53.6 Å². The van der Waals surface area contributed by atoms with Crippen molar-refractivity contribution in [3.05, 3.63) is 70.5 Å². The Morgan fingerprint density at radius 3 is 2.38 bits per heavy atom. The predicted octanol–water partition coefficient (Wildman–Crippen LogP) is 4.13. The van der Waals surface area contributed by atoms with Crippen LogP contribution in [0, 0.1) is 5.82 Å². The van der Waals surface area contributed by atoms with Gasteiger partial charge in [-0.2, -0.15) is 0 Å². The maximum absolute atomic E-state index is 13.9. The van der Waals surface area contributed by atoms with E-state index in [1.807, 2.05) is 6.92 Å². The molecule has 134 valence electrons. The lowest BCUT2D eigenvalue weighted by Gasteiger charge is -2.15. The van der Waals surface area contributed by atoms with Crippen LogP contribution in [0.1, 0.15) is 24.5 Å². The van der Waals surface area contributed by atoms with E-state index >= 15 is 0 Å². The molecule has 4 nitrogen and oxygen atoms in total. The van der Waals surface area contributed by atoms with Gasteiger partial charge in [0, 0.05) is 5.56 Å². The van der Waals surface area contributed by atoms with E-state index in [9.17, 15) is 14.0 Å². The van der Waals surface area contributed by atoms with Crippen LogP contribution in [0.4, 0.5) is 4.39 Å². The molecule has 0 aromatic heterocycles. The number of hydrogen-bond acceptors (Lipinski definition) is 3. The molecule has 2 aromatic rings. The third-order valence-corrected chi connectivity index (χ3v) is 4.36. The summed E-state index contributed by atoms with van der Waals surface area (Å²) < 4.78 is 19.4. The molecule has 1 heterocycles. The number of imide groups is 1. The molecule has 0 N–H and O–H groups in total. The molecule has 0 fully saturated rings. The van der Waals surface area contributed by atoms with Crippen molar-refractivity contribution < 1.29 is 18.7 Å². The zero-order valence-electron chi connectivity index (χ0n) is 14.2. The summed E-state index contributed by atoms with van der Waals surface area (Å²) in [6.45, 7) is 2.43. The highest BCUT2D eigenvalue weighted by atomic mass is 35.5. The van der Waals surface area contributed by atoms with Crippen molar-refractivity contribution in [1.82, 2.24) is 4.90 Å². The molecule has 1 aliphatic heterocycles. The summed E-state index contributed by atoms with van der Waals surface area (Å²) in [4.78, 5) is 26.1. The quantitative estimate of drug-likeness (QED) is 0.715. The molecule has 0 radical (unpaired) electrons. The monoisotopic (exact) mass is 373 g/mol. The molecule has 3 rings (SSSR count). The van der Waals surface area contributed by atoms with E-state index in [0.717, 1.165) is 11.3 Å². The van der Waals surface area contributed by atoms with E-state index in [2.05, 4.69) is 0 Å². The Balaban J connectivity index is 1.83. The van der Waals surface area contributed by atoms with E-state index in [1.54, 1.807) is 36.4 Å². The molecule has 0 bridgehead atoms. The number of carbonyl (C=O) groups excluding carboxylic acids is 2. The Kier molecular flexibility index (Phi) is 5.38. The van der Waals surface area contributed by atoms with Gasteiger partial charge in [-0.3, -0.25) is 14.5 Å². The van der Waals surface area contributed by atoms with Gasteiger partial charge in [-0.1, -0.05) is 48.9 Å². The fourth-order valence-corrected chi connectivity index (χ4v) is 2.97. The van der Waals surface area contributed by atoms with Gasteiger partial charge in [0.2, 0.25) is 0 Å². The second-order valence-electron chi connectivity index (χ2n) is 5.85. The van der Waals surface area contributed by atoms with Gasteiger partial charge >= 0.3 is 0 Å². The minimum absolute atomic E-state index is 0.120. The van der Waals surface area contributed by atoms with Crippen LogP contribution in [0.3, 0.4) is 0 Å². The van der Waals surface area contributed by atoms with E-state index in [-0.39, 0.29) is 22.7 Å². The van der Waals surface area contributed by atoms with Crippen molar-refractivity contribution in [2.75, 3.05) is 6.61 Å². The molecule has 0 aliphatic carbocycles. The van der Waals surface area contributed by atoms with Crippen molar-refractivity contribution in [3.63, 3.8) is 0 Å². The SMILES string of the molecule is CCCOc1ccc(C2=C(Cl)C(=O)N(Cc3ccccc3F)C2=O)cc1. The normalized spacial score (nSPS) is 14.3. The van der Waals surface area contributed by atoms with Crippen LogP contribution in [-0.2, 0) is 16.1 Å². The molecule has 0 saturated heterocycles. The van der Waals surface area contributed by atoms with E-state index in [4.69, 9.17) is 16.3 Å². The Hall–Kier alpha value is -2.66. The number of hydrogen-bond donors (Lipinski definition) is 0. The highest BCUT2D eigenvalue weighted by molar-refractivity contribution is 6.55. The summed E-state index contributed by atoms with van der Waals surface area (Å²) in [5.41, 5.74) is 0.895. The molecule has 0 unspecified atom stereocenters. The summed E-state index contributed by atoms with van der Waals surface area (Å²) in [6, 6.07) is 12.8. The number of ether oxygens (including phenoxy) is 1. The van der Waals surface area contributed by atoms with Crippen LogP contribution in [0.25, 0.3) is 5.57 Å². The van der Waals surface area contributed by atoms with Crippen LogP contribution in [-0.4, -0.2) is 23.3 Å². The number of rotatable bonds is 6. The summed E-state index contributed by atoms with van der Waals surface area (Å²) in [5.74, 6) is -0.964. The number of nitrogens with zero attached hydrogens (tertiary/aromatic N) is 1. The summed E-state index contributed by atoms with van der Waals surface area (Å²) >= 11 is 6.12. The first-order valence-electron chi connectivity index (χ1n) is 8.25. The molecule has 0 atom stereocenters. The lowest BCUT2D eigenvalue weighted by Crippen LogP contribution is -2.31. The third kappa shape index (κ3) is 3.48. The van der Waals surface area contributed by atoms with Gasteiger partial charge in [-0.25, -0.2) is 4.39 Å². The van der Waals surface area contributed by atoms with Crippen molar-refractivity contribution in [2.24, 2.45) is 0 Å². The predicted molar refractivity (Wildman–Crippen MR) is 97.0 cm³/mol. The lowest BCUT2D eigenvalue weighted by atomic mass is 10.1. The minimum atomic E-state index is -0.624. The highest BCUT2D eigenvalue weighted by Gasteiger charge is 2.38. The smallest absolute Gasteiger partial charge is 0.273 e. The first kappa shape index (κ1) is 18.1. The van der Waals surface area contributed by atoms with Crippen molar-refractivity contribution >= 4 is 29.0 Å². The Morgan fingerprint density at radius 1 is 1.04 bits per heavy atom. The standard InChI is InChI=1S/C20H17ClFNO3/c1-2-11-26-15-9-7-13(8-10-15)17-18(21)20(25)23(19(17)24)12-14-5-3-4-6-16(14)22/h3-10H,2,11-12H2,1H3. The van der Waals surface area contributed by atoms with Gasteiger partial charge < -0.3 is 4.74 Å². The third-order valence-electron chi connectivity index (χ3n) is 4.01. The average Bonchev–Trinajstić information content (AvgIpc) is 2.86. The second-order valence-corrected chi connectivity index (χ2v) is 6.23. The largest absolute Gasteiger partial charge is 0.494 e. The lowest BCUT2D eigenvalue weighted by molar-refractivity contribution is -0.137. The highest BCUT2D eigenvalue weighted by Crippen LogP contribution is 2.33. The first-order chi connectivity index (χ1) is 12.5. The van der Waals surface area contributed by atoms with Crippen molar-refractivity contribution in [3.8, 4) is 5.75 Å². The van der Waals surface area contributed by atoms with Crippen LogP contribution < -0.4 is 4.74 Å². The first-order valence-corrected chi connectivity index (χ1v) is 8.63. The topological polar surface area (TPSA) is 46.6 Å². The van der Waals surface area contributed by atoms with Gasteiger partial charge in [0.1, 0.15) is 16.6 Å². The van der Waals surface area contributed by atoms with E-state index in [1.165, 1.54) is 12.1 Å². The van der Waals surface area contributed by atoms with Crippen LogP contribution in [0.2, 0.25) is 0 Å². The Morgan fingerprint density at radius 2 is 1.73 bits per heavy atom. The molecule has 0 spiro atoms. The maximum atomic E-state index is 13.9. The van der Waals surface area contributed by atoms with E-state index < -0.39 is 17.6 Å². The number of carbonyl (C=O) groups is 2. The molecule has 0 saturated carbocycles. The molecule has 2 aromatic carbocycles. The second kappa shape index (κ2) is 7.70. The van der Waals surface area contributed by atoms with Crippen molar-refractivity contribution in [1.29, 1.82) is 0 Å². The van der Waals surface area contributed by atoms with Gasteiger partial charge in [-0.15, -0.1) is 0 Å². The number of halogens is 2. The summed E-state index contributed by atoms with van der Waals surface area (Å²) in [6.07, 6.45) is 0.886. The van der Waals surface area contributed by atoms with Gasteiger partial charge in [0.15, 0.2) is 0 Å². The number of amides is 2. The van der Waals surface area contributed by atoms with Gasteiger partial charge in [0.25, 0.3) is 11.8 Å². The van der Waals surface area contributed by atoms with Gasteiger partial charge in [0.05, 0.1) is 18.7 Å². The Bertz CT molecular complexity index is 877. The van der Waals surface area contributed by atoms with Gasteiger partial charge in [-0.05, 0) is 30.2 Å². The molecule has 6 heteroatoms. The maximum Gasteiger partial charge on any atom is 0.273 e. The molecule has 1 aliphatic rings. The zero-order chi connectivity index (χ0) is 18.7. The zero-order valence-corrected chi connectivity index (χ0v) is 14.9. The Labute approximate surface area is 155 Å². The molecule has 2 amide bonds. The minimum Gasteiger partial charge on any atom is -0.494 e. The average molecular weight is 374 g/mol. The molecule has 26 heavy (non-hydrogen) atoms. The van der Waals surface area contributed by atoms with E-state index in [0.29, 0.717) is 17.9 Å². The molecular formula is C20H17ClFNO3. The number of benzene rings is 2. The molecular weight excluding hydrogens is 357 g/mol. The van der Waals surface area contributed by atoms with Crippen LogP contribution in [0.5, 0.6) is 5.75 Å². The summed E-state index contributed by atoms with van der Waals surface area (Å²) in [7, 11) is 0. The summed E-state index contributed by atoms with van der Waals surface area (Å²) in [5, 5.41) is -0.159. The van der Waals surface area contributed by atoms with Crippen molar-refractivity contribution in [2.45, 2.75) is 19.9 Å².